The molecular weight excluding hydrogens is 386 g/mol. The van der Waals surface area contributed by atoms with Crippen LogP contribution in [0.4, 0.5) is 43.8 Å². The third-order valence-corrected chi connectivity index (χ3v) is 4.52. The zero-order valence-electron chi connectivity index (χ0n) is 14.9. The maximum Gasteiger partial charge on any atom is 0.433 e. The van der Waals surface area contributed by atoms with Crippen LogP contribution in [-0.2, 0) is 12.4 Å². The molecule has 1 aromatic heterocycles. The van der Waals surface area contributed by atoms with Gasteiger partial charge in [-0.1, -0.05) is 18.9 Å². The van der Waals surface area contributed by atoms with E-state index in [4.69, 9.17) is 0 Å². The van der Waals surface area contributed by atoms with Crippen LogP contribution in [0, 0.1) is 6.92 Å². The zero-order valence-corrected chi connectivity index (χ0v) is 14.9. The number of aromatic nitrogens is 2. The van der Waals surface area contributed by atoms with Gasteiger partial charge >= 0.3 is 12.4 Å². The number of hydrogen-bond donors (Lipinski definition) is 2. The zero-order chi connectivity index (χ0) is 20.5. The molecule has 0 radical (unpaired) electrons. The summed E-state index contributed by atoms with van der Waals surface area (Å²) in [6.07, 6.45) is -5.75. The van der Waals surface area contributed by atoms with E-state index in [9.17, 15) is 26.3 Å². The largest absolute Gasteiger partial charge is 0.433 e. The molecule has 0 atom stereocenters. The summed E-state index contributed by atoms with van der Waals surface area (Å²) in [4.78, 5) is 7.52. The SMILES string of the molecule is Cc1ccc(Nc2cc(C(F)(F)F)nc(NC3CCCC3)n2)cc1C(F)(F)F. The topological polar surface area (TPSA) is 49.8 Å². The third kappa shape index (κ3) is 4.85. The molecule has 0 unspecified atom stereocenters. The van der Waals surface area contributed by atoms with Gasteiger partial charge in [0, 0.05) is 17.8 Å². The minimum atomic E-state index is -4.71. The lowest BCUT2D eigenvalue weighted by Crippen LogP contribution is -2.19. The second-order valence-electron chi connectivity index (χ2n) is 6.74. The lowest BCUT2D eigenvalue weighted by molar-refractivity contribution is -0.141. The number of halogens is 6. The van der Waals surface area contributed by atoms with Crippen molar-refractivity contribution in [1.29, 1.82) is 0 Å². The predicted molar refractivity (Wildman–Crippen MR) is 92.4 cm³/mol. The van der Waals surface area contributed by atoms with Gasteiger partial charge in [-0.05, 0) is 37.5 Å². The molecule has 0 bridgehead atoms. The Balaban J connectivity index is 1.92. The summed E-state index contributed by atoms with van der Waals surface area (Å²) in [5, 5.41) is 5.41. The Morgan fingerprint density at radius 3 is 2.21 bits per heavy atom. The first kappa shape index (κ1) is 20.2. The number of hydrogen-bond acceptors (Lipinski definition) is 4. The molecule has 1 aliphatic rings. The van der Waals surface area contributed by atoms with E-state index in [0.29, 0.717) is 6.07 Å². The van der Waals surface area contributed by atoms with E-state index in [2.05, 4.69) is 20.6 Å². The van der Waals surface area contributed by atoms with Crippen LogP contribution in [0.2, 0.25) is 0 Å². The molecule has 4 nitrogen and oxygen atoms in total. The van der Waals surface area contributed by atoms with E-state index in [0.717, 1.165) is 31.7 Å². The van der Waals surface area contributed by atoms with Crippen molar-refractivity contribution in [2.75, 3.05) is 10.6 Å². The molecule has 2 N–H and O–H groups in total. The van der Waals surface area contributed by atoms with Crippen LogP contribution in [0.15, 0.2) is 24.3 Å². The molecule has 1 fully saturated rings. The summed E-state index contributed by atoms with van der Waals surface area (Å²) >= 11 is 0. The fourth-order valence-corrected chi connectivity index (χ4v) is 3.13. The van der Waals surface area contributed by atoms with Gasteiger partial charge in [0.15, 0.2) is 5.69 Å². The first-order valence-electron chi connectivity index (χ1n) is 8.70. The van der Waals surface area contributed by atoms with Crippen LogP contribution in [0.5, 0.6) is 0 Å². The van der Waals surface area contributed by atoms with Gasteiger partial charge in [-0.2, -0.15) is 31.3 Å². The van der Waals surface area contributed by atoms with Gasteiger partial charge in [0.1, 0.15) is 5.82 Å². The molecule has 0 spiro atoms. The van der Waals surface area contributed by atoms with Crippen molar-refractivity contribution in [3.05, 3.63) is 41.1 Å². The van der Waals surface area contributed by atoms with Crippen molar-refractivity contribution < 1.29 is 26.3 Å². The van der Waals surface area contributed by atoms with E-state index in [-0.39, 0.29) is 29.1 Å². The molecule has 1 aliphatic carbocycles. The average Bonchev–Trinajstić information content (AvgIpc) is 3.07. The molecule has 1 saturated carbocycles. The smallest absolute Gasteiger partial charge is 0.351 e. The van der Waals surface area contributed by atoms with Crippen LogP contribution < -0.4 is 10.6 Å². The number of alkyl halides is 6. The Bertz CT molecular complexity index is 841. The maximum absolute atomic E-state index is 13.2. The molecule has 1 heterocycles. The van der Waals surface area contributed by atoms with Gasteiger partial charge in [0.05, 0.1) is 5.56 Å². The monoisotopic (exact) mass is 404 g/mol. The Hall–Kier alpha value is -2.52. The average molecular weight is 404 g/mol. The fourth-order valence-electron chi connectivity index (χ4n) is 3.13. The van der Waals surface area contributed by atoms with Crippen molar-refractivity contribution in [1.82, 2.24) is 9.97 Å². The van der Waals surface area contributed by atoms with Gasteiger partial charge in [0.25, 0.3) is 0 Å². The molecule has 152 valence electrons. The maximum atomic E-state index is 13.2. The van der Waals surface area contributed by atoms with Crippen LogP contribution in [0.1, 0.15) is 42.5 Å². The van der Waals surface area contributed by atoms with E-state index < -0.39 is 23.6 Å². The van der Waals surface area contributed by atoms with Gasteiger partial charge in [-0.25, -0.2) is 4.98 Å². The summed E-state index contributed by atoms with van der Waals surface area (Å²) in [5.74, 6) is -0.438. The highest BCUT2D eigenvalue weighted by Crippen LogP contribution is 2.35. The van der Waals surface area contributed by atoms with Crippen molar-refractivity contribution in [3.63, 3.8) is 0 Å². The van der Waals surface area contributed by atoms with Crippen LogP contribution in [0.25, 0.3) is 0 Å². The predicted octanol–water partition coefficient (Wildman–Crippen LogP) is 5.92. The summed E-state index contributed by atoms with van der Waals surface area (Å²) < 4.78 is 78.7. The number of rotatable bonds is 4. The molecule has 10 heteroatoms. The first-order valence-corrected chi connectivity index (χ1v) is 8.70. The quantitative estimate of drug-likeness (QED) is 0.621. The highest BCUT2D eigenvalue weighted by Gasteiger charge is 2.35. The highest BCUT2D eigenvalue weighted by molar-refractivity contribution is 5.60. The molecule has 3 rings (SSSR count). The highest BCUT2D eigenvalue weighted by atomic mass is 19.4. The minimum Gasteiger partial charge on any atom is -0.351 e. The fraction of sp³-hybridized carbons (Fsp3) is 0.444. The molecular formula is C18H18F6N4. The lowest BCUT2D eigenvalue weighted by atomic mass is 10.1. The molecule has 0 aliphatic heterocycles. The van der Waals surface area contributed by atoms with E-state index >= 15 is 0 Å². The van der Waals surface area contributed by atoms with E-state index in [1.165, 1.54) is 19.1 Å². The van der Waals surface area contributed by atoms with Crippen LogP contribution in [0.3, 0.4) is 0 Å². The Labute approximate surface area is 157 Å². The summed E-state index contributed by atoms with van der Waals surface area (Å²) in [6.45, 7) is 1.31. The number of nitrogens with zero attached hydrogens (tertiary/aromatic N) is 2. The third-order valence-electron chi connectivity index (χ3n) is 4.52. The lowest BCUT2D eigenvalue weighted by Gasteiger charge is -2.16. The second kappa shape index (κ2) is 7.48. The van der Waals surface area contributed by atoms with E-state index in [1.807, 2.05) is 0 Å². The van der Waals surface area contributed by atoms with E-state index in [1.54, 1.807) is 0 Å². The van der Waals surface area contributed by atoms with Gasteiger partial charge in [-0.15, -0.1) is 0 Å². The summed E-state index contributed by atoms with van der Waals surface area (Å²) in [7, 11) is 0. The Morgan fingerprint density at radius 2 is 1.61 bits per heavy atom. The Morgan fingerprint density at radius 1 is 0.929 bits per heavy atom. The number of benzene rings is 1. The van der Waals surface area contributed by atoms with Gasteiger partial charge in [-0.3, -0.25) is 0 Å². The van der Waals surface area contributed by atoms with Gasteiger partial charge < -0.3 is 10.6 Å². The summed E-state index contributed by atoms with van der Waals surface area (Å²) in [5.41, 5.74) is -2.04. The molecule has 1 aromatic carbocycles. The second-order valence-corrected chi connectivity index (χ2v) is 6.74. The number of aryl methyl sites for hydroxylation is 1. The van der Waals surface area contributed by atoms with Crippen molar-refractivity contribution >= 4 is 17.5 Å². The molecule has 2 aromatic rings. The summed E-state index contributed by atoms with van der Waals surface area (Å²) in [6, 6.07) is 4.09. The first-order chi connectivity index (χ1) is 13.0. The minimum absolute atomic E-state index is 0.0142. The Kier molecular flexibility index (Phi) is 5.40. The normalized spacial score (nSPS) is 15.7. The molecule has 0 amide bonds. The molecule has 0 saturated heterocycles. The number of nitrogens with one attached hydrogen (secondary N) is 2. The van der Waals surface area contributed by atoms with Crippen LogP contribution >= 0.6 is 0 Å². The van der Waals surface area contributed by atoms with Gasteiger partial charge in [0.2, 0.25) is 5.95 Å². The van der Waals surface area contributed by atoms with Crippen molar-refractivity contribution in [2.24, 2.45) is 0 Å². The van der Waals surface area contributed by atoms with Crippen molar-refractivity contribution in [2.45, 2.75) is 51.0 Å². The van der Waals surface area contributed by atoms with Crippen LogP contribution in [-0.4, -0.2) is 16.0 Å². The molecule has 28 heavy (non-hydrogen) atoms. The standard InChI is InChI=1S/C18H18F6N4/c1-10-6-7-12(8-13(10)17(19,20)21)25-15-9-14(18(22,23)24)27-16(28-15)26-11-4-2-3-5-11/h6-9,11H,2-5H2,1H3,(H2,25,26,27,28). The number of anilines is 3. The van der Waals surface area contributed by atoms with Crippen molar-refractivity contribution in [3.8, 4) is 0 Å².